The van der Waals surface area contributed by atoms with E-state index in [1.54, 1.807) is 12.1 Å². The summed E-state index contributed by atoms with van der Waals surface area (Å²) in [5, 5.41) is 3.25. The van der Waals surface area contributed by atoms with Gasteiger partial charge in [-0.15, -0.1) is 0 Å². The van der Waals surface area contributed by atoms with Gasteiger partial charge in [-0.2, -0.15) is 0 Å². The van der Waals surface area contributed by atoms with Crippen molar-refractivity contribution in [3.8, 4) is 0 Å². The minimum atomic E-state index is -0.206. The molecule has 3 nitrogen and oxygen atoms in total. The molecule has 1 aromatic rings. The number of benzene rings is 1. The molecule has 1 rings (SSSR count). The molecule has 0 aliphatic carbocycles. The second-order valence-electron chi connectivity index (χ2n) is 3.94. The van der Waals surface area contributed by atoms with E-state index in [-0.39, 0.29) is 5.82 Å². The first-order chi connectivity index (χ1) is 8.84. The van der Waals surface area contributed by atoms with Crippen molar-refractivity contribution in [2.45, 2.75) is 20.0 Å². The van der Waals surface area contributed by atoms with Crippen LogP contribution in [-0.4, -0.2) is 32.9 Å². The molecule has 4 heteroatoms. The lowest BCUT2D eigenvalue weighted by atomic mass is 10.2. The van der Waals surface area contributed by atoms with Gasteiger partial charge in [0.05, 0.1) is 13.2 Å². The molecule has 0 aliphatic rings. The SMILES string of the molecule is CCOCCCNCCOCc1ccccc1F. The maximum absolute atomic E-state index is 13.2. The van der Waals surface area contributed by atoms with Crippen molar-refractivity contribution in [3.63, 3.8) is 0 Å². The summed E-state index contributed by atoms with van der Waals surface area (Å²) >= 11 is 0. The molecule has 1 aromatic carbocycles. The van der Waals surface area contributed by atoms with E-state index in [2.05, 4.69) is 5.32 Å². The summed E-state index contributed by atoms with van der Waals surface area (Å²) in [6.07, 6.45) is 1.00. The number of ether oxygens (including phenoxy) is 2. The van der Waals surface area contributed by atoms with Gasteiger partial charge in [-0.05, 0) is 26.0 Å². The van der Waals surface area contributed by atoms with E-state index in [9.17, 15) is 4.39 Å². The number of rotatable bonds is 10. The Kier molecular flexibility index (Phi) is 8.38. The van der Waals surface area contributed by atoms with E-state index in [1.165, 1.54) is 6.07 Å². The molecule has 0 unspecified atom stereocenters. The predicted octanol–water partition coefficient (Wildman–Crippen LogP) is 2.36. The summed E-state index contributed by atoms with van der Waals surface area (Å²) < 4.78 is 23.8. The Balaban J connectivity index is 1.94. The Labute approximate surface area is 108 Å². The Morgan fingerprint density at radius 3 is 2.72 bits per heavy atom. The minimum absolute atomic E-state index is 0.206. The van der Waals surface area contributed by atoms with Crippen LogP contribution in [0.4, 0.5) is 4.39 Å². The smallest absolute Gasteiger partial charge is 0.128 e. The molecular weight excluding hydrogens is 233 g/mol. The molecule has 0 saturated heterocycles. The fraction of sp³-hybridized carbons (Fsp3) is 0.571. The van der Waals surface area contributed by atoms with Crippen LogP contribution in [0.5, 0.6) is 0 Å². The molecule has 0 fully saturated rings. The van der Waals surface area contributed by atoms with Gasteiger partial charge in [0, 0.05) is 25.3 Å². The van der Waals surface area contributed by atoms with Crippen LogP contribution >= 0.6 is 0 Å². The Bertz CT molecular complexity index is 320. The zero-order valence-electron chi connectivity index (χ0n) is 11.0. The Hall–Kier alpha value is -0.970. The third kappa shape index (κ3) is 6.69. The van der Waals surface area contributed by atoms with Crippen molar-refractivity contribution in [1.82, 2.24) is 5.32 Å². The van der Waals surface area contributed by atoms with Crippen LogP contribution in [-0.2, 0) is 16.1 Å². The second kappa shape index (κ2) is 10.00. The predicted molar refractivity (Wildman–Crippen MR) is 70.0 cm³/mol. The highest BCUT2D eigenvalue weighted by molar-refractivity contribution is 5.16. The van der Waals surface area contributed by atoms with Crippen molar-refractivity contribution in [2.75, 3.05) is 32.9 Å². The molecule has 1 N–H and O–H groups in total. The van der Waals surface area contributed by atoms with Crippen LogP contribution in [0.3, 0.4) is 0 Å². The van der Waals surface area contributed by atoms with Gasteiger partial charge in [0.25, 0.3) is 0 Å². The van der Waals surface area contributed by atoms with Gasteiger partial charge in [-0.3, -0.25) is 0 Å². The molecule has 0 aliphatic heterocycles. The second-order valence-corrected chi connectivity index (χ2v) is 3.94. The van der Waals surface area contributed by atoms with E-state index in [1.807, 2.05) is 13.0 Å². The summed E-state index contributed by atoms with van der Waals surface area (Å²) in [6.45, 7) is 6.16. The molecule has 0 bridgehead atoms. The Morgan fingerprint density at radius 2 is 1.94 bits per heavy atom. The van der Waals surface area contributed by atoms with Gasteiger partial charge in [-0.1, -0.05) is 18.2 Å². The quantitative estimate of drug-likeness (QED) is 0.651. The van der Waals surface area contributed by atoms with E-state index < -0.39 is 0 Å². The highest BCUT2D eigenvalue weighted by Crippen LogP contribution is 2.06. The summed E-state index contributed by atoms with van der Waals surface area (Å²) in [5.74, 6) is -0.206. The first kappa shape index (κ1) is 15.1. The van der Waals surface area contributed by atoms with Gasteiger partial charge in [-0.25, -0.2) is 4.39 Å². The summed E-state index contributed by atoms with van der Waals surface area (Å²) in [7, 11) is 0. The summed E-state index contributed by atoms with van der Waals surface area (Å²) in [4.78, 5) is 0. The van der Waals surface area contributed by atoms with Crippen LogP contribution in [0, 0.1) is 5.82 Å². The fourth-order valence-electron chi connectivity index (χ4n) is 1.51. The molecule has 0 saturated carbocycles. The monoisotopic (exact) mass is 255 g/mol. The Morgan fingerprint density at radius 1 is 1.11 bits per heavy atom. The molecule has 0 aromatic heterocycles. The first-order valence-corrected chi connectivity index (χ1v) is 6.44. The van der Waals surface area contributed by atoms with Gasteiger partial charge >= 0.3 is 0 Å². The molecule has 18 heavy (non-hydrogen) atoms. The van der Waals surface area contributed by atoms with Crippen molar-refractivity contribution in [1.29, 1.82) is 0 Å². The van der Waals surface area contributed by atoms with Crippen molar-refractivity contribution >= 4 is 0 Å². The molecular formula is C14H22FNO2. The van der Waals surface area contributed by atoms with E-state index in [0.29, 0.717) is 18.8 Å². The molecule has 102 valence electrons. The van der Waals surface area contributed by atoms with Gasteiger partial charge in [0.1, 0.15) is 5.82 Å². The normalized spacial score (nSPS) is 10.8. The highest BCUT2D eigenvalue weighted by atomic mass is 19.1. The molecule has 0 atom stereocenters. The maximum Gasteiger partial charge on any atom is 0.128 e. The van der Waals surface area contributed by atoms with Crippen molar-refractivity contribution in [2.24, 2.45) is 0 Å². The van der Waals surface area contributed by atoms with Crippen molar-refractivity contribution < 1.29 is 13.9 Å². The lowest BCUT2D eigenvalue weighted by Gasteiger charge is -2.07. The van der Waals surface area contributed by atoms with Gasteiger partial charge in [0.2, 0.25) is 0 Å². The molecule has 0 spiro atoms. The molecule has 0 radical (unpaired) electrons. The number of nitrogens with one attached hydrogen (secondary N) is 1. The van der Waals surface area contributed by atoms with Crippen molar-refractivity contribution in [3.05, 3.63) is 35.6 Å². The zero-order valence-corrected chi connectivity index (χ0v) is 11.0. The summed E-state index contributed by atoms with van der Waals surface area (Å²) in [6, 6.07) is 6.68. The maximum atomic E-state index is 13.2. The lowest BCUT2D eigenvalue weighted by molar-refractivity contribution is 0.118. The fourth-order valence-corrected chi connectivity index (χ4v) is 1.51. The highest BCUT2D eigenvalue weighted by Gasteiger charge is 1.99. The zero-order chi connectivity index (χ0) is 13.1. The summed E-state index contributed by atoms with van der Waals surface area (Å²) in [5.41, 5.74) is 0.605. The average molecular weight is 255 g/mol. The molecule has 0 heterocycles. The minimum Gasteiger partial charge on any atom is -0.382 e. The van der Waals surface area contributed by atoms with Gasteiger partial charge < -0.3 is 14.8 Å². The standard InChI is InChI=1S/C14H22FNO2/c1-2-17-10-5-8-16-9-11-18-12-13-6-3-4-7-14(13)15/h3-4,6-7,16H,2,5,8-12H2,1H3. The topological polar surface area (TPSA) is 30.5 Å². The van der Waals surface area contributed by atoms with E-state index in [0.717, 1.165) is 32.7 Å². The van der Waals surface area contributed by atoms with Crippen LogP contribution < -0.4 is 5.32 Å². The lowest BCUT2D eigenvalue weighted by Crippen LogP contribution is -2.21. The van der Waals surface area contributed by atoms with Gasteiger partial charge in [0.15, 0.2) is 0 Å². The van der Waals surface area contributed by atoms with Crippen LogP contribution in [0.25, 0.3) is 0 Å². The third-order valence-corrected chi connectivity index (χ3v) is 2.48. The number of hydrogen-bond acceptors (Lipinski definition) is 3. The first-order valence-electron chi connectivity index (χ1n) is 6.44. The molecule has 0 amide bonds. The van der Waals surface area contributed by atoms with Crippen LogP contribution in [0.1, 0.15) is 18.9 Å². The van der Waals surface area contributed by atoms with E-state index in [4.69, 9.17) is 9.47 Å². The van der Waals surface area contributed by atoms with Crippen LogP contribution in [0.15, 0.2) is 24.3 Å². The van der Waals surface area contributed by atoms with Crippen LogP contribution in [0.2, 0.25) is 0 Å². The number of hydrogen-bond donors (Lipinski definition) is 1. The third-order valence-electron chi connectivity index (χ3n) is 2.48. The number of halogens is 1. The van der Waals surface area contributed by atoms with E-state index >= 15 is 0 Å². The largest absolute Gasteiger partial charge is 0.382 e. The average Bonchev–Trinajstić information content (AvgIpc) is 2.39.